The van der Waals surface area contributed by atoms with Crippen LogP contribution in [0.4, 0.5) is 18.9 Å². The summed E-state index contributed by atoms with van der Waals surface area (Å²) in [6, 6.07) is 0.572. The van der Waals surface area contributed by atoms with Crippen molar-refractivity contribution in [1.82, 2.24) is 5.73 Å². The lowest BCUT2D eigenvalue weighted by Crippen LogP contribution is -2.14. The first-order valence-electron chi connectivity index (χ1n) is 4.61. The quantitative estimate of drug-likeness (QED) is 0.825. The summed E-state index contributed by atoms with van der Waals surface area (Å²) < 4.78 is 83.3. The average Bonchev–Trinajstić information content (AvgIpc) is 2.11. The van der Waals surface area contributed by atoms with E-state index < -0.39 is 46.9 Å². The predicted molar refractivity (Wildman–Crippen MR) is 60.4 cm³/mol. The Morgan fingerprint density at radius 3 is 1.68 bits per heavy atom. The van der Waals surface area contributed by atoms with Crippen LogP contribution in [-0.4, -0.2) is 29.3 Å². The third-order valence-corrected chi connectivity index (χ3v) is 4.46. The van der Waals surface area contributed by atoms with Gasteiger partial charge in [0.25, 0.3) is 0 Å². The molecule has 1 aromatic carbocycles. The van der Waals surface area contributed by atoms with Gasteiger partial charge in [0.15, 0.2) is 19.7 Å². The molecule has 1 aromatic rings. The minimum absolute atomic E-state index is 0.201. The normalized spacial score (nSPS) is 13.5. The summed E-state index contributed by atoms with van der Waals surface area (Å²) >= 11 is 0. The molecule has 0 fully saturated rings. The first-order valence-corrected chi connectivity index (χ1v) is 8.40. The first-order chi connectivity index (χ1) is 8.24. The molecule has 0 aromatic heterocycles. The molecule has 0 saturated carbocycles. The second-order valence-electron chi connectivity index (χ2n) is 3.89. The van der Waals surface area contributed by atoms with E-state index in [4.69, 9.17) is 5.73 Å². The maximum atomic E-state index is 12.7. The SMILES string of the molecule is CS(=O)(=O)c1cc(S(C)(=O)=O)c(C(F)(F)F)cc1[NH]. The van der Waals surface area contributed by atoms with Crippen molar-refractivity contribution in [3.05, 3.63) is 17.7 Å². The summed E-state index contributed by atoms with van der Waals surface area (Å²) in [6.07, 6.45) is -3.78. The van der Waals surface area contributed by atoms with Crippen LogP contribution in [0.5, 0.6) is 0 Å². The van der Waals surface area contributed by atoms with Crippen molar-refractivity contribution in [2.24, 2.45) is 0 Å². The van der Waals surface area contributed by atoms with Gasteiger partial charge in [-0.05, 0) is 12.1 Å². The van der Waals surface area contributed by atoms with E-state index in [1.165, 1.54) is 0 Å². The highest BCUT2D eigenvalue weighted by molar-refractivity contribution is 7.91. The fourth-order valence-corrected chi connectivity index (χ4v) is 3.17. The van der Waals surface area contributed by atoms with Gasteiger partial charge >= 0.3 is 6.18 Å². The molecule has 1 N–H and O–H groups in total. The molecule has 0 spiro atoms. The molecule has 0 heterocycles. The van der Waals surface area contributed by atoms with Gasteiger partial charge < -0.3 is 0 Å². The number of sulfone groups is 2. The topological polar surface area (TPSA) is 92.1 Å². The molecular weight excluding hydrogens is 307 g/mol. The molecule has 5 nitrogen and oxygen atoms in total. The van der Waals surface area contributed by atoms with Crippen molar-refractivity contribution in [2.75, 3.05) is 12.5 Å². The molecule has 0 amide bonds. The minimum atomic E-state index is -5.00. The van der Waals surface area contributed by atoms with Crippen LogP contribution < -0.4 is 5.73 Å². The molecule has 0 aliphatic rings. The molecule has 1 rings (SSSR count). The van der Waals surface area contributed by atoms with Crippen LogP contribution in [0, 0.1) is 0 Å². The maximum absolute atomic E-state index is 12.7. The lowest BCUT2D eigenvalue weighted by atomic mass is 10.2. The van der Waals surface area contributed by atoms with E-state index in [9.17, 15) is 30.0 Å². The van der Waals surface area contributed by atoms with Crippen LogP contribution in [0.2, 0.25) is 0 Å². The average molecular weight is 316 g/mol. The zero-order valence-corrected chi connectivity index (χ0v) is 11.4. The van der Waals surface area contributed by atoms with Gasteiger partial charge in [-0.15, -0.1) is 0 Å². The molecule has 0 aliphatic heterocycles. The predicted octanol–water partition coefficient (Wildman–Crippen LogP) is 1.43. The van der Waals surface area contributed by atoms with Crippen LogP contribution in [-0.2, 0) is 25.9 Å². The van der Waals surface area contributed by atoms with Crippen LogP contribution in [0.25, 0.3) is 0 Å². The third-order valence-electron chi connectivity index (χ3n) is 2.19. The number of hydrogen-bond acceptors (Lipinski definition) is 4. The fourth-order valence-electron chi connectivity index (χ4n) is 1.40. The molecule has 0 saturated heterocycles. The molecule has 0 bridgehead atoms. The molecule has 19 heavy (non-hydrogen) atoms. The van der Waals surface area contributed by atoms with E-state index in [0.29, 0.717) is 18.6 Å². The highest BCUT2D eigenvalue weighted by Crippen LogP contribution is 2.38. The van der Waals surface area contributed by atoms with Gasteiger partial charge in [-0.25, -0.2) is 16.8 Å². The first kappa shape index (κ1) is 15.8. The summed E-state index contributed by atoms with van der Waals surface area (Å²) in [5, 5.41) is 0. The van der Waals surface area contributed by atoms with Crippen molar-refractivity contribution in [2.45, 2.75) is 16.0 Å². The van der Waals surface area contributed by atoms with Gasteiger partial charge in [0.1, 0.15) is 0 Å². The summed E-state index contributed by atoms with van der Waals surface area (Å²) in [5.74, 6) is 0. The Kier molecular flexibility index (Phi) is 3.63. The van der Waals surface area contributed by atoms with E-state index in [1.54, 1.807) is 0 Å². The van der Waals surface area contributed by atoms with Crippen molar-refractivity contribution in [3.63, 3.8) is 0 Å². The second kappa shape index (κ2) is 4.37. The van der Waals surface area contributed by atoms with Crippen molar-refractivity contribution >= 4 is 25.4 Å². The van der Waals surface area contributed by atoms with E-state index in [1.807, 2.05) is 0 Å². The van der Waals surface area contributed by atoms with Gasteiger partial charge in [0.05, 0.1) is 21.0 Å². The van der Waals surface area contributed by atoms with Crippen molar-refractivity contribution < 1.29 is 30.0 Å². The Labute approximate surface area is 108 Å². The molecule has 107 valence electrons. The van der Waals surface area contributed by atoms with Gasteiger partial charge in [-0.2, -0.15) is 13.2 Å². The van der Waals surface area contributed by atoms with Gasteiger partial charge in [0.2, 0.25) is 0 Å². The Hall–Kier alpha value is -1.29. The Morgan fingerprint density at radius 1 is 0.947 bits per heavy atom. The largest absolute Gasteiger partial charge is 0.417 e. The van der Waals surface area contributed by atoms with Crippen LogP contribution in [0.15, 0.2) is 21.9 Å². The molecule has 1 radical (unpaired) electrons. The van der Waals surface area contributed by atoms with Gasteiger partial charge in [0, 0.05) is 12.5 Å². The number of alkyl halides is 3. The van der Waals surface area contributed by atoms with Gasteiger partial charge in [-0.3, -0.25) is 5.73 Å². The molecule has 0 aliphatic carbocycles. The lowest BCUT2D eigenvalue weighted by molar-refractivity contribution is -0.139. The number of rotatable bonds is 2. The lowest BCUT2D eigenvalue weighted by Gasteiger charge is -2.14. The Balaban J connectivity index is 3.87. The molecule has 10 heteroatoms. The fraction of sp³-hybridized carbons (Fsp3) is 0.333. The third kappa shape index (κ3) is 3.38. The van der Waals surface area contributed by atoms with Crippen LogP contribution in [0.1, 0.15) is 5.56 Å². The number of benzene rings is 1. The number of nitrogens with one attached hydrogen (secondary N) is 1. The summed E-state index contributed by atoms with van der Waals surface area (Å²) in [6.45, 7) is 0. The molecule has 0 atom stereocenters. The smallest absolute Gasteiger partial charge is 0.300 e. The Morgan fingerprint density at radius 2 is 1.37 bits per heavy atom. The Bertz CT molecular complexity index is 721. The summed E-state index contributed by atoms with van der Waals surface area (Å²) in [7, 11) is -8.28. The minimum Gasteiger partial charge on any atom is -0.300 e. The molecule has 0 unspecified atom stereocenters. The van der Waals surface area contributed by atoms with E-state index in [-0.39, 0.29) is 6.07 Å². The standard InChI is InChI=1S/C9H9F3NO4S2/c1-18(14,15)7-4-8(19(2,16)17)6(13)3-5(7)9(10,11)12/h3-4,13H,1-2H3. The number of halogens is 3. The second-order valence-corrected chi connectivity index (χ2v) is 7.85. The zero-order valence-electron chi connectivity index (χ0n) is 9.74. The zero-order chi connectivity index (χ0) is 15.2. The van der Waals surface area contributed by atoms with Crippen LogP contribution in [0.3, 0.4) is 0 Å². The van der Waals surface area contributed by atoms with Gasteiger partial charge in [-0.1, -0.05) is 0 Å². The summed E-state index contributed by atoms with van der Waals surface area (Å²) in [4.78, 5) is -1.92. The van der Waals surface area contributed by atoms with Crippen molar-refractivity contribution in [3.8, 4) is 0 Å². The van der Waals surface area contributed by atoms with E-state index in [0.717, 1.165) is 0 Å². The highest BCUT2D eigenvalue weighted by atomic mass is 32.2. The van der Waals surface area contributed by atoms with E-state index >= 15 is 0 Å². The van der Waals surface area contributed by atoms with Crippen LogP contribution >= 0.6 is 0 Å². The summed E-state index contributed by atoms with van der Waals surface area (Å²) in [5.41, 5.74) is 4.83. The van der Waals surface area contributed by atoms with E-state index in [2.05, 4.69) is 0 Å². The van der Waals surface area contributed by atoms with Crippen molar-refractivity contribution in [1.29, 1.82) is 0 Å². The maximum Gasteiger partial charge on any atom is 0.417 e. The monoisotopic (exact) mass is 316 g/mol. The number of hydrogen-bond donors (Lipinski definition) is 0. The highest BCUT2D eigenvalue weighted by Gasteiger charge is 2.37. The molecular formula is C9H9F3NO4S2.